The van der Waals surface area contributed by atoms with Gasteiger partial charge in [0, 0.05) is 39.1 Å². The first-order valence-electron chi connectivity index (χ1n) is 6.02. The molecular formula is C12H22N2O3. The van der Waals surface area contributed by atoms with Crippen molar-refractivity contribution in [3.05, 3.63) is 18.2 Å². The van der Waals surface area contributed by atoms with E-state index in [1.54, 1.807) is 13.3 Å². The summed E-state index contributed by atoms with van der Waals surface area (Å²) in [4.78, 5) is 4.23. The van der Waals surface area contributed by atoms with Gasteiger partial charge in [0.25, 0.3) is 0 Å². The van der Waals surface area contributed by atoms with Crippen LogP contribution in [0.2, 0.25) is 0 Å². The molecule has 1 heterocycles. The Bertz CT molecular complexity index is 302. The van der Waals surface area contributed by atoms with Gasteiger partial charge in [0.1, 0.15) is 5.82 Å². The van der Waals surface area contributed by atoms with Gasteiger partial charge in [-0.25, -0.2) is 4.98 Å². The number of imidazole rings is 1. The topological polar surface area (TPSA) is 56.5 Å². The van der Waals surface area contributed by atoms with Crippen molar-refractivity contribution >= 4 is 0 Å². The van der Waals surface area contributed by atoms with E-state index >= 15 is 0 Å². The van der Waals surface area contributed by atoms with Crippen LogP contribution in [-0.2, 0) is 22.4 Å². The number of ether oxygens (including phenoxy) is 2. The zero-order valence-electron chi connectivity index (χ0n) is 10.6. The molecule has 0 aliphatic rings. The lowest BCUT2D eigenvalue weighted by molar-refractivity contribution is 0.0473. The van der Waals surface area contributed by atoms with Gasteiger partial charge in [-0.15, -0.1) is 0 Å². The van der Waals surface area contributed by atoms with Crippen molar-refractivity contribution in [2.75, 3.05) is 26.9 Å². The maximum Gasteiger partial charge on any atom is 0.111 e. The van der Waals surface area contributed by atoms with E-state index in [0.717, 1.165) is 12.4 Å². The summed E-state index contributed by atoms with van der Waals surface area (Å²) in [6.07, 6.45) is 4.50. The molecule has 0 saturated heterocycles. The van der Waals surface area contributed by atoms with Crippen LogP contribution in [0, 0.1) is 0 Å². The Hall–Kier alpha value is -0.910. The maximum absolute atomic E-state index is 9.83. The number of aliphatic hydroxyl groups excluding tert-OH is 1. The molecule has 5 nitrogen and oxygen atoms in total. The molecule has 5 heteroatoms. The number of methoxy groups -OCH3 is 1. The van der Waals surface area contributed by atoms with Crippen molar-refractivity contribution < 1.29 is 14.6 Å². The maximum atomic E-state index is 9.83. The van der Waals surface area contributed by atoms with Gasteiger partial charge in [0.05, 0.1) is 19.3 Å². The molecule has 1 unspecified atom stereocenters. The molecule has 1 aromatic heterocycles. The van der Waals surface area contributed by atoms with Crippen molar-refractivity contribution in [1.29, 1.82) is 0 Å². The highest BCUT2D eigenvalue weighted by Crippen LogP contribution is 2.04. The third-order valence-electron chi connectivity index (χ3n) is 2.59. The molecule has 98 valence electrons. The van der Waals surface area contributed by atoms with Crippen molar-refractivity contribution in [3.63, 3.8) is 0 Å². The molecule has 0 saturated carbocycles. The van der Waals surface area contributed by atoms with Crippen LogP contribution in [-0.4, -0.2) is 47.7 Å². The highest BCUT2D eigenvalue weighted by atomic mass is 16.5. The predicted molar refractivity (Wildman–Crippen MR) is 64.9 cm³/mol. The fourth-order valence-electron chi connectivity index (χ4n) is 1.59. The summed E-state index contributed by atoms with van der Waals surface area (Å²) >= 11 is 0. The van der Waals surface area contributed by atoms with E-state index in [0.29, 0.717) is 32.7 Å². The molecule has 0 spiro atoms. The number of nitrogens with zero attached hydrogens (tertiary/aromatic N) is 2. The third-order valence-corrected chi connectivity index (χ3v) is 2.59. The lowest BCUT2D eigenvalue weighted by atomic mass is 10.2. The van der Waals surface area contributed by atoms with Crippen LogP contribution in [0.3, 0.4) is 0 Å². The second-order valence-electron chi connectivity index (χ2n) is 3.88. The SMILES string of the molecule is CCn1ccnc1CC(O)CCOCCOC. The molecule has 0 aromatic carbocycles. The lowest BCUT2D eigenvalue weighted by Gasteiger charge is -2.11. The van der Waals surface area contributed by atoms with Gasteiger partial charge >= 0.3 is 0 Å². The van der Waals surface area contributed by atoms with Crippen molar-refractivity contribution in [2.24, 2.45) is 0 Å². The minimum Gasteiger partial charge on any atom is -0.393 e. The molecular weight excluding hydrogens is 220 g/mol. The van der Waals surface area contributed by atoms with Crippen molar-refractivity contribution in [2.45, 2.75) is 32.4 Å². The van der Waals surface area contributed by atoms with E-state index in [9.17, 15) is 5.11 Å². The fourth-order valence-corrected chi connectivity index (χ4v) is 1.59. The van der Waals surface area contributed by atoms with Gasteiger partial charge in [0.2, 0.25) is 0 Å². The fraction of sp³-hybridized carbons (Fsp3) is 0.750. The molecule has 1 rings (SSSR count). The normalized spacial score (nSPS) is 12.9. The summed E-state index contributed by atoms with van der Waals surface area (Å²) in [5.41, 5.74) is 0. The van der Waals surface area contributed by atoms with Gasteiger partial charge in [-0.05, 0) is 13.3 Å². The number of aryl methyl sites for hydroxylation is 1. The number of rotatable bonds is 9. The molecule has 0 amide bonds. The van der Waals surface area contributed by atoms with Crippen LogP contribution < -0.4 is 0 Å². The summed E-state index contributed by atoms with van der Waals surface area (Å²) in [5, 5.41) is 9.83. The van der Waals surface area contributed by atoms with Crippen LogP contribution in [0.25, 0.3) is 0 Å². The summed E-state index contributed by atoms with van der Waals surface area (Å²) in [6, 6.07) is 0. The first-order valence-corrected chi connectivity index (χ1v) is 6.02. The first-order chi connectivity index (χ1) is 8.27. The Labute approximate surface area is 102 Å². The molecule has 17 heavy (non-hydrogen) atoms. The van der Waals surface area contributed by atoms with E-state index in [4.69, 9.17) is 9.47 Å². The summed E-state index contributed by atoms with van der Waals surface area (Å²) in [7, 11) is 1.64. The number of hydrogen-bond acceptors (Lipinski definition) is 4. The lowest BCUT2D eigenvalue weighted by Crippen LogP contribution is -2.17. The van der Waals surface area contributed by atoms with Gasteiger partial charge in [-0.2, -0.15) is 0 Å². The zero-order valence-corrected chi connectivity index (χ0v) is 10.6. The number of aliphatic hydroxyl groups is 1. The van der Waals surface area contributed by atoms with Crippen LogP contribution in [0.5, 0.6) is 0 Å². The summed E-state index contributed by atoms with van der Waals surface area (Å²) < 4.78 is 12.2. The molecule has 0 bridgehead atoms. The second-order valence-corrected chi connectivity index (χ2v) is 3.88. The van der Waals surface area contributed by atoms with E-state index in [1.807, 2.05) is 10.8 Å². The highest BCUT2D eigenvalue weighted by Gasteiger charge is 2.09. The highest BCUT2D eigenvalue weighted by molar-refractivity contribution is 4.93. The molecule has 0 aliphatic carbocycles. The van der Waals surface area contributed by atoms with Gasteiger partial charge in [0.15, 0.2) is 0 Å². The molecule has 1 N–H and O–H groups in total. The summed E-state index contributed by atoms with van der Waals surface area (Å²) in [6.45, 7) is 4.66. The number of hydrogen-bond donors (Lipinski definition) is 1. The van der Waals surface area contributed by atoms with Gasteiger partial charge < -0.3 is 19.1 Å². The second kappa shape index (κ2) is 8.22. The zero-order chi connectivity index (χ0) is 12.5. The van der Waals surface area contributed by atoms with E-state index in [2.05, 4.69) is 11.9 Å². The van der Waals surface area contributed by atoms with E-state index < -0.39 is 6.10 Å². The Morgan fingerprint density at radius 3 is 2.94 bits per heavy atom. The minimum absolute atomic E-state index is 0.398. The molecule has 1 atom stereocenters. The van der Waals surface area contributed by atoms with E-state index in [-0.39, 0.29) is 0 Å². The average Bonchev–Trinajstić information content (AvgIpc) is 2.76. The molecule has 0 radical (unpaired) electrons. The Morgan fingerprint density at radius 2 is 2.24 bits per heavy atom. The molecule has 0 aliphatic heterocycles. The number of aromatic nitrogens is 2. The Morgan fingerprint density at radius 1 is 1.41 bits per heavy atom. The van der Waals surface area contributed by atoms with Crippen LogP contribution >= 0.6 is 0 Å². The average molecular weight is 242 g/mol. The van der Waals surface area contributed by atoms with E-state index in [1.165, 1.54) is 0 Å². The largest absolute Gasteiger partial charge is 0.393 e. The first kappa shape index (κ1) is 14.2. The molecule has 1 aromatic rings. The van der Waals surface area contributed by atoms with Crippen molar-refractivity contribution in [1.82, 2.24) is 9.55 Å². The van der Waals surface area contributed by atoms with Crippen LogP contribution in [0.4, 0.5) is 0 Å². The van der Waals surface area contributed by atoms with Gasteiger partial charge in [-0.3, -0.25) is 0 Å². The third kappa shape index (κ3) is 5.30. The summed E-state index contributed by atoms with van der Waals surface area (Å²) in [5.74, 6) is 0.928. The molecule has 0 fully saturated rings. The monoisotopic (exact) mass is 242 g/mol. The van der Waals surface area contributed by atoms with Gasteiger partial charge in [-0.1, -0.05) is 0 Å². The minimum atomic E-state index is -0.398. The predicted octanol–water partition coefficient (Wildman–Crippen LogP) is 0.859. The van der Waals surface area contributed by atoms with Crippen LogP contribution in [0.1, 0.15) is 19.2 Å². The Balaban J connectivity index is 2.18. The van der Waals surface area contributed by atoms with Crippen LogP contribution in [0.15, 0.2) is 12.4 Å². The Kier molecular flexibility index (Phi) is 6.84. The quantitative estimate of drug-likeness (QED) is 0.653. The smallest absolute Gasteiger partial charge is 0.111 e. The standard InChI is InChI=1S/C12H22N2O3/c1-3-14-6-5-13-12(14)10-11(15)4-7-17-9-8-16-2/h5-6,11,15H,3-4,7-10H2,1-2H3. The van der Waals surface area contributed by atoms with Crippen molar-refractivity contribution in [3.8, 4) is 0 Å².